The van der Waals surface area contributed by atoms with E-state index in [1.165, 1.54) is 23.9 Å². The van der Waals surface area contributed by atoms with E-state index in [1.807, 2.05) is 20.8 Å². The molecule has 0 spiro atoms. The molecular formula is C12H16F3NOS. The molecule has 1 rings (SSSR count). The van der Waals surface area contributed by atoms with Gasteiger partial charge in [-0.1, -0.05) is 26.8 Å². The minimum Gasteiger partial charge on any atom is -0.403 e. The number of ether oxygens (including phenoxy) is 1. The first kappa shape index (κ1) is 16.8. The highest BCUT2D eigenvalue weighted by Gasteiger charge is 2.32. The van der Waals surface area contributed by atoms with Crippen LogP contribution < -0.4 is 4.74 Å². The first-order valence-electron chi connectivity index (χ1n) is 5.46. The van der Waals surface area contributed by atoms with E-state index in [4.69, 9.17) is 0 Å². The van der Waals surface area contributed by atoms with Crippen molar-refractivity contribution in [2.24, 2.45) is 4.99 Å². The maximum Gasteiger partial charge on any atom is 0.573 e. The Bertz CT molecular complexity index is 380. The van der Waals surface area contributed by atoms with Crippen LogP contribution in [0.15, 0.2) is 28.1 Å². The van der Waals surface area contributed by atoms with E-state index in [0.29, 0.717) is 4.90 Å². The molecule has 0 bridgehead atoms. The smallest absolute Gasteiger partial charge is 0.403 e. The first-order chi connectivity index (χ1) is 8.48. The van der Waals surface area contributed by atoms with E-state index in [-0.39, 0.29) is 11.4 Å². The van der Waals surface area contributed by atoms with E-state index in [2.05, 4.69) is 16.4 Å². The molecule has 0 radical (unpaired) electrons. The summed E-state index contributed by atoms with van der Waals surface area (Å²) in [5.74, 6) is 0.416. The molecule has 0 unspecified atom stereocenters. The van der Waals surface area contributed by atoms with Gasteiger partial charge in [0.1, 0.15) is 5.69 Å². The van der Waals surface area contributed by atoms with Gasteiger partial charge in [0.25, 0.3) is 0 Å². The summed E-state index contributed by atoms with van der Waals surface area (Å²) >= 11 is 1.39. The highest BCUT2D eigenvalue weighted by Crippen LogP contribution is 2.39. The van der Waals surface area contributed by atoms with E-state index >= 15 is 0 Å². The minimum atomic E-state index is -4.71. The Morgan fingerprint density at radius 2 is 1.94 bits per heavy atom. The molecule has 0 aliphatic heterocycles. The molecule has 102 valence electrons. The second-order valence-corrected chi connectivity index (χ2v) is 4.05. The third-order valence-corrected chi connectivity index (χ3v) is 2.57. The molecule has 0 saturated heterocycles. The normalized spacial score (nSPS) is 10.3. The number of hydrogen-bond acceptors (Lipinski definition) is 3. The van der Waals surface area contributed by atoms with Crippen LogP contribution in [0.5, 0.6) is 5.75 Å². The Morgan fingerprint density at radius 3 is 2.39 bits per heavy atom. The molecule has 6 heteroatoms. The number of aliphatic imine (C=N–C) groups is 1. The van der Waals surface area contributed by atoms with Crippen molar-refractivity contribution >= 4 is 24.2 Å². The summed E-state index contributed by atoms with van der Waals surface area (Å²) in [6.45, 7) is 9.15. The third kappa shape index (κ3) is 5.44. The Kier molecular flexibility index (Phi) is 7.50. The van der Waals surface area contributed by atoms with Crippen molar-refractivity contribution < 1.29 is 17.9 Å². The average Bonchev–Trinajstić information content (AvgIpc) is 2.30. The van der Waals surface area contributed by atoms with Crippen molar-refractivity contribution in [1.82, 2.24) is 0 Å². The van der Waals surface area contributed by atoms with Gasteiger partial charge < -0.3 is 4.74 Å². The van der Waals surface area contributed by atoms with Gasteiger partial charge in [0.15, 0.2) is 5.75 Å². The fraction of sp³-hybridized carbons (Fsp3) is 0.417. The van der Waals surface area contributed by atoms with Crippen LogP contribution >= 0.6 is 11.8 Å². The van der Waals surface area contributed by atoms with Gasteiger partial charge in [0, 0.05) is 4.90 Å². The van der Waals surface area contributed by atoms with Gasteiger partial charge in [-0.25, -0.2) is 0 Å². The molecule has 0 aliphatic carbocycles. The molecule has 0 aromatic heterocycles. The van der Waals surface area contributed by atoms with E-state index in [1.54, 1.807) is 6.07 Å². The number of thioether (sulfide) groups is 1. The molecule has 0 aliphatic rings. The Hall–Kier alpha value is -1.17. The van der Waals surface area contributed by atoms with Crippen molar-refractivity contribution in [3.05, 3.63) is 18.2 Å². The molecule has 2 nitrogen and oxygen atoms in total. The minimum absolute atomic E-state index is 0.131. The zero-order valence-corrected chi connectivity index (χ0v) is 11.4. The van der Waals surface area contributed by atoms with Crippen molar-refractivity contribution in [3.8, 4) is 5.75 Å². The van der Waals surface area contributed by atoms with Crippen molar-refractivity contribution in [2.75, 3.05) is 5.75 Å². The number of para-hydroxylation sites is 1. The van der Waals surface area contributed by atoms with Crippen LogP contribution in [0.1, 0.15) is 20.8 Å². The number of benzene rings is 1. The Balaban J connectivity index is 0.00000137. The van der Waals surface area contributed by atoms with Crippen molar-refractivity contribution in [2.45, 2.75) is 32.0 Å². The molecule has 1 aromatic carbocycles. The predicted molar refractivity (Wildman–Crippen MR) is 70.1 cm³/mol. The third-order valence-electron chi connectivity index (χ3n) is 1.65. The number of alkyl halides is 3. The highest BCUT2D eigenvalue weighted by molar-refractivity contribution is 7.99. The maximum absolute atomic E-state index is 12.1. The summed E-state index contributed by atoms with van der Waals surface area (Å²) in [5.41, 5.74) is 0.131. The summed E-state index contributed by atoms with van der Waals surface area (Å²) in [6, 6.07) is 4.40. The van der Waals surface area contributed by atoms with Gasteiger partial charge in [0.2, 0.25) is 0 Å². The van der Waals surface area contributed by atoms with Gasteiger partial charge in [-0.3, -0.25) is 4.99 Å². The molecular weight excluding hydrogens is 263 g/mol. The molecule has 0 amide bonds. The quantitative estimate of drug-likeness (QED) is 0.568. The summed E-state index contributed by atoms with van der Waals surface area (Å²) in [6.07, 6.45) is -4.71. The topological polar surface area (TPSA) is 21.6 Å². The van der Waals surface area contributed by atoms with Gasteiger partial charge in [-0.15, -0.1) is 24.9 Å². The van der Waals surface area contributed by atoms with Crippen LogP contribution in [-0.2, 0) is 0 Å². The van der Waals surface area contributed by atoms with E-state index in [0.717, 1.165) is 5.75 Å². The number of halogens is 3. The second kappa shape index (κ2) is 8.02. The van der Waals surface area contributed by atoms with Crippen LogP contribution in [0, 0.1) is 0 Å². The lowest BCUT2D eigenvalue weighted by molar-refractivity contribution is -0.274. The zero-order chi connectivity index (χ0) is 14.2. The van der Waals surface area contributed by atoms with Gasteiger partial charge in [-0.2, -0.15) is 0 Å². The van der Waals surface area contributed by atoms with Gasteiger partial charge >= 0.3 is 6.36 Å². The first-order valence-corrected chi connectivity index (χ1v) is 6.44. The van der Waals surface area contributed by atoms with E-state index < -0.39 is 6.36 Å². The van der Waals surface area contributed by atoms with E-state index in [9.17, 15) is 13.2 Å². The molecule has 0 atom stereocenters. The summed E-state index contributed by atoms with van der Waals surface area (Å²) < 4.78 is 40.1. The summed E-state index contributed by atoms with van der Waals surface area (Å²) in [4.78, 5) is 4.20. The molecule has 18 heavy (non-hydrogen) atoms. The van der Waals surface area contributed by atoms with Gasteiger partial charge in [0.05, 0.1) is 0 Å². The zero-order valence-electron chi connectivity index (χ0n) is 10.5. The Labute approximate surface area is 109 Å². The van der Waals surface area contributed by atoms with Crippen molar-refractivity contribution in [1.29, 1.82) is 0 Å². The summed E-state index contributed by atoms with van der Waals surface area (Å²) in [7, 11) is 0. The van der Waals surface area contributed by atoms with Crippen LogP contribution in [0.4, 0.5) is 18.9 Å². The Morgan fingerprint density at radius 1 is 1.33 bits per heavy atom. The standard InChI is InChI=1S/C10H10F3NOS.C2H6/c1-3-16-8-6-4-5-7(9(8)14-2)15-10(11,12)13;1-2/h4-6H,2-3H2,1H3;1-2H3. The molecule has 0 heterocycles. The van der Waals surface area contributed by atoms with Crippen molar-refractivity contribution in [3.63, 3.8) is 0 Å². The number of rotatable bonds is 4. The SMILES string of the molecule is C=Nc1c(OC(F)(F)F)cccc1SCC.CC. The maximum atomic E-state index is 12.1. The molecule has 0 N–H and O–H groups in total. The fourth-order valence-electron chi connectivity index (χ4n) is 1.14. The monoisotopic (exact) mass is 279 g/mol. The lowest BCUT2D eigenvalue weighted by Gasteiger charge is -2.12. The van der Waals surface area contributed by atoms with Crippen LogP contribution in [0.25, 0.3) is 0 Å². The highest BCUT2D eigenvalue weighted by atomic mass is 32.2. The second-order valence-electron chi connectivity index (χ2n) is 2.74. The molecule has 1 aromatic rings. The average molecular weight is 279 g/mol. The largest absolute Gasteiger partial charge is 0.573 e. The lowest BCUT2D eigenvalue weighted by atomic mass is 10.3. The number of hydrogen-bond donors (Lipinski definition) is 0. The lowest BCUT2D eigenvalue weighted by Crippen LogP contribution is -2.17. The summed E-state index contributed by atoms with van der Waals surface area (Å²) in [5, 5.41) is 0. The number of nitrogens with zero attached hydrogens (tertiary/aromatic N) is 1. The van der Waals surface area contributed by atoms with Gasteiger partial charge in [-0.05, 0) is 24.6 Å². The predicted octanol–water partition coefficient (Wildman–Crippen LogP) is 5.06. The molecule has 0 saturated carbocycles. The molecule has 0 fully saturated rings. The van der Waals surface area contributed by atoms with Crippen LogP contribution in [0.2, 0.25) is 0 Å². The van der Waals surface area contributed by atoms with Crippen LogP contribution in [0.3, 0.4) is 0 Å². The van der Waals surface area contributed by atoms with Crippen LogP contribution in [-0.4, -0.2) is 18.8 Å². The fourth-order valence-corrected chi connectivity index (χ4v) is 1.92.